The van der Waals surface area contributed by atoms with E-state index in [1.165, 1.54) is 6.07 Å². The van der Waals surface area contributed by atoms with Crippen molar-refractivity contribution in [3.63, 3.8) is 0 Å². The third-order valence-electron chi connectivity index (χ3n) is 5.73. The van der Waals surface area contributed by atoms with Crippen molar-refractivity contribution < 1.29 is 46.9 Å². The van der Waals surface area contributed by atoms with E-state index in [1.54, 1.807) is 41.5 Å². The van der Waals surface area contributed by atoms with Gasteiger partial charge in [0.05, 0.1) is 22.9 Å². The summed E-state index contributed by atoms with van der Waals surface area (Å²) in [5, 5.41) is 10.7. The van der Waals surface area contributed by atoms with Crippen LogP contribution in [0.5, 0.6) is 0 Å². The van der Waals surface area contributed by atoms with Crippen LogP contribution in [0.25, 0.3) is 0 Å². The molecule has 1 saturated heterocycles. The summed E-state index contributed by atoms with van der Waals surface area (Å²) in [5.41, 5.74) is 0.977. The Bertz CT molecular complexity index is 1100. The molecule has 4 unspecified atom stereocenters. The molecule has 13 nitrogen and oxygen atoms in total. The molecule has 0 bridgehead atoms. The minimum atomic E-state index is -4.22. The topological polar surface area (TPSA) is 178 Å². The fourth-order valence-corrected chi connectivity index (χ4v) is 5.05. The lowest BCUT2D eigenvalue weighted by atomic mass is 9.95. The first-order valence-electron chi connectivity index (χ1n) is 12.0. The Balaban J connectivity index is 2.21. The van der Waals surface area contributed by atoms with Crippen molar-refractivity contribution in [1.29, 1.82) is 0 Å². The number of hydrogen-bond donors (Lipinski definition) is 2. The molecule has 4 atom stereocenters. The Morgan fingerprint density at radius 3 is 2.13 bits per heavy atom. The van der Waals surface area contributed by atoms with Gasteiger partial charge in [0, 0.05) is 6.20 Å². The summed E-state index contributed by atoms with van der Waals surface area (Å²) in [7, 11) is -4.22. The summed E-state index contributed by atoms with van der Waals surface area (Å²) in [5.74, 6) is -1.86. The molecule has 1 fully saturated rings. The van der Waals surface area contributed by atoms with Gasteiger partial charge in [0.15, 0.2) is 12.4 Å². The molecule has 0 radical (unpaired) electrons. The zero-order chi connectivity index (χ0) is 29.8. The first kappa shape index (κ1) is 33.1. The first-order chi connectivity index (χ1) is 17.8. The van der Waals surface area contributed by atoms with E-state index in [9.17, 15) is 24.1 Å². The molecule has 0 aliphatic carbocycles. The lowest BCUT2D eigenvalue weighted by molar-refractivity contribution is -0.162. The highest BCUT2D eigenvalue weighted by molar-refractivity contribution is 7.53. The lowest BCUT2D eigenvalue weighted by Crippen LogP contribution is -2.44. The van der Waals surface area contributed by atoms with Crippen LogP contribution in [0.15, 0.2) is 17.1 Å². The first-order valence-corrected chi connectivity index (χ1v) is 14.2. The van der Waals surface area contributed by atoms with E-state index in [2.05, 4.69) is 4.98 Å². The van der Waals surface area contributed by atoms with Gasteiger partial charge in [-0.15, -0.1) is 11.6 Å². The normalized spacial score (nSPS) is 24.0. The maximum absolute atomic E-state index is 15.2. The largest absolute Gasteiger partial charge is 0.438 e. The Morgan fingerprint density at radius 1 is 1.18 bits per heavy atom. The van der Waals surface area contributed by atoms with Crippen molar-refractivity contribution in [2.45, 2.75) is 72.1 Å². The van der Waals surface area contributed by atoms with E-state index in [1.807, 2.05) is 0 Å². The van der Waals surface area contributed by atoms with Crippen molar-refractivity contribution in [3.8, 4) is 0 Å². The fraction of sp³-hybridized carbons (Fsp3) is 0.739. The number of nitrogens with zero attached hydrogens (tertiary/aromatic N) is 2. The fourth-order valence-electron chi connectivity index (χ4n) is 3.28. The summed E-state index contributed by atoms with van der Waals surface area (Å²) < 4.78 is 55.8. The van der Waals surface area contributed by atoms with Crippen molar-refractivity contribution in [2.24, 2.45) is 10.8 Å². The SMILES string of the molecule is CC(C)(C)C(=O)OCOP(=O)(CCC1(CCl)OC(n2ccc(N)nc2=O)C(F)C1O)OCOC(=O)C(C)(C)C. The number of nitrogen functional groups attached to an aromatic ring is 1. The molecule has 16 heteroatoms. The number of halogens is 2. The van der Waals surface area contributed by atoms with Crippen LogP contribution in [-0.2, 0) is 37.4 Å². The summed E-state index contributed by atoms with van der Waals surface area (Å²) in [6.07, 6.45) is -5.33. The number of nitrogens with two attached hydrogens (primary N) is 1. The molecule has 0 saturated carbocycles. The van der Waals surface area contributed by atoms with E-state index in [0.29, 0.717) is 0 Å². The van der Waals surface area contributed by atoms with Gasteiger partial charge in [-0.2, -0.15) is 4.98 Å². The molecule has 2 rings (SSSR count). The number of aliphatic hydroxyl groups is 1. The van der Waals surface area contributed by atoms with Crippen molar-refractivity contribution in [1.82, 2.24) is 9.55 Å². The summed E-state index contributed by atoms with van der Waals surface area (Å²) in [4.78, 5) is 39.9. The maximum Gasteiger partial charge on any atom is 0.351 e. The number of anilines is 1. The molecular formula is C23H36ClFN3O10P. The van der Waals surface area contributed by atoms with Crippen LogP contribution in [0.2, 0.25) is 0 Å². The molecule has 1 aliphatic heterocycles. The van der Waals surface area contributed by atoms with Crippen LogP contribution in [-0.4, -0.2) is 70.1 Å². The molecule has 0 aromatic carbocycles. The summed E-state index contributed by atoms with van der Waals surface area (Å²) in [6, 6.07) is 1.25. The molecule has 222 valence electrons. The second-order valence-corrected chi connectivity index (χ2v) is 13.5. The van der Waals surface area contributed by atoms with Crippen LogP contribution in [0.3, 0.4) is 0 Å². The molecule has 2 heterocycles. The molecular weight excluding hydrogens is 564 g/mol. The molecule has 1 aromatic heterocycles. The standard InChI is InChI=1S/C23H36ClFN3O10P/c1-21(2,3)18(30)34-12-36-39(33,37-13-35-19(31)22(4,5)6)10-8-23(11-24)16(29)15(25)17(38-23)28-9-7-14(26)27-20(28)32/h7,9,15-17,29H,8,10-13H2,1-6H3,(H2,26,27,32). The van der Waals surface area contributed by atoms with Crippen LogP contribution in [0.1, 0.15) is 54.2 Å². The average Bonchev–Trinajstić information content (AvgIpc) is 3.07. The Kier molecular flexibility index (Phi) is 10.7. The van der Waals surface area contributed by atoms with E-state index in [0.717, 1.165) is 10.8 Å². The minimum Gasteiger partial charge on any atom is -0.438 e. The van der Waals surface area contributed by atoms with Gasteiger partial charge in [0.1, 0.15) is 17.5 Å². The number of hydrogen-bond acceptors (Lipinski definition) is 12. The summed E-state index contributed by atoms with van der Waals surface area (Å²) >= 11 is 6.08. The molecule has 39 heavy (non-hydrogen) atoms. The number of carbonyl (C=O) groups excluding carboxylic acids is 2. The summed E-state index contributed by atoms with van der Waals surface area (Å²) in [6.45, 7) is 8.09. The monoisotopic (exact) mass is 599 g/mol. The number of rotatable bonds is 11. The second kappa shape index (κ2) is 12.6. The third kappa shape index (κ3) is 8.45. The Labute approximate surface area is 230 Å². The van der Waals surface area contributed by atoms with Gasteiger partial charge in [-0.1, -0.05) is 0 Å². The van der Waals surface area contributed by atoms with Crippen LogP contribution in [0, 0.1) is 10.8 Å². The number of alkyl halides is 2. The van der Waals surface area contributed by atoms with E-state index in [4.69, 9.17) is 40.6 Å². The number of aliphatic hydroxyl groups excluding tert-OH is 1. The van der Waals surface area contributed by atoms with Crippen molar-refractivity contribution in [3.05, 3.63) is 22.7 Å². The van der Waals surface area contributed by atoms with Gasteiger partial charge >= 0.3 is 25.2 Å². The van der Waals surface area contributed by atoms with E-state index in [-0.39, 0.29) is 12.2 Å². The number of esters is 2. The Morgan fingerprint density at radius 2 is 1.69 bits per heavy atom. The van der Waals surface area contributed by atoms with Crippen LogP contribution < -0.4 is 11.4 Å². The smallest absolute Gasteiger partial charge is 0.351 e. The van der Waals surface area contributed by atoms with Gasteiger partial charge in [-0.05, 0) is 54.0 Å². The predicted octanol–water partition coefficient (Wildman–Crippen LogP) is 2.74. The molecule has 1 aromatic rings. The van der Waals surface area contributed by atoms with Crippen molar-refractivity contribution in [2.75, 3.05) is 31.4 Å². The van der Waals surface area contributed by atoms with Gasteiger partial charge in [0.2, 0.25) is 13.6 Å². The number of ether oxygens (including phenoxy) is 3. The van der Waals surface area contributed by atoms with Gasteiger partial charge in [0.25, 0.3) is 0 Å². The molecule has 3 N–H and O–H groups in total. The highest BCUT2D eigenvalue weighted by Crippen LogP contribution is 2.52. The highest BCUT2D eigenvalue weighted by Gasteiger charge is 2.56. The predicted molar refractivity (Wildman–Crippen MR) is 137 cm³/mol. The zero-order valence-corrected chi connectivity index (χ0v) is 24.4. The average molecular weight is 600 g/mol. The lowest BCUT2D eigenvalue weighted by Gasteiger charge is -2.31. The minimum absolute atomic E-state index is 0.0941. The van der Waals surface area contributed by atoms with Gasteiger partial charge < -0.3 is 25.1 Å². The number of aromatic nitrogens is 2. The van der Waals surface area contributed by atoms with E-state index < -0.39 is 85.8 Å². The van der Waals surface area contributed by atoms with Crippen molar-refractivity contribution >= 4 is 37.0 Å². The third-order valence-corrected chi connectivity index (χ3v) is 7.95. The van der Waals surface area contributed by atoms with E-state index >= 15 is 4.39 Å². The highest BCUT2D eigenvalue weighted by atomic mass is 35.5. The zero-order valence-electron chi connectivity index (χ0n) is 22.7. The molecule has 1 aliphatic rings. The number of carbonyl (C=O) groups is 2. The second-order valence-electron chi connectivity index (χ2n) is 11.1. The quantitative estimate of drug-likeness (QED) is 0.165. The molecule has 0 spiro atoms. The van der Waals surface area contributed by atoms with Gasteiger partial charge in [-0.3, -0.25) is 27.8 Å². The van der Waals surface area contributed by atoms with Crippen LogP contribution >= 0.6 is 19.2 Å². The maximum atomic E-state index is 15.2. The van der Waals surface area contributed by atoms with Crippen LogP contribution in [0.4, 0.5) is 10.2 Å². The van der Waals surface area contributed by atoms with Gasteiger partial charge in [-0.25, -0.2) is 9.18 Å². The molecule has 0 amide bonds. The Hall–Kier alpha value is -2.09.